The Morgan fingerprint density at radius 1 is 1.11 bits per heavy atom. The number of rotatable bonds is 5. The van der Waals surface area contributed by atoms with Crippen LogP contribution in [0.1, 0.15) is 29.5 Å². The molecule has 1 aliphatic rings. The van der Waals surface area contributed by atoms with Gasteiger partial charge in [-0.1, -0.05) is 17.7 Å². The van der Waals surface area contributed by atoms with E-state index in [1.807, 2.05) is 32.9 Å². The minimum atomic E-state index is -3.51. The molecule has 146 valence electrons. The second-order valence-electron chi connectivity index (χ2n) is 6.83. The van der Waals surface area contributed by atoms with E-state index in [-0.39, 0.29) is 12.1 Å². The number of sulfonamides is 1. The monoisotopic (exact) mass is 391 g/mol. The second kappa shape index (κ2) is 7.82. The zero-order chi connectivity index (χ0) is 19.6. The van der Waals surface area contributed by atoms with Crippen molar-refractivity contribution in [2.45, 2.75) is 44.6 Å². The average molecular weight is 391 g/mol. The molecule has 0 bridgehead atoms. The zero-order valence-corrected chi connectivity index (χ0v) is 16.9. The molecule has 0 N–H and O–H groups in total. The van der Waals surface area contributed by atoms with Gasteiger partial charge in [0.2, 0.25) is 15.9 Å². The van der Waals surface area contributed by atoms with Crippen LogP contribution >= 0.6 is 0 Å². The quantitative estimate of drug-likeness (QED) is 0.779. The van der Waals surface area contributed by atoms with Crippen molar-refractivity contribution in [1.29, 1.82) is 0 Å². The smallest absolute Gasteiger partial charge is 0.319 e. The molecule has 0 radical (unpaired) electrons. The summed E-state index contributed by atoms with van der Waals surface area (Å²) in [5.74, 6) is 0.438. The lowest BCUT2D eigenvalue weighted by Crippen LogP contribution is -2.42. The van der Waals surface area contributed by atoms with Crippen molar-refractivity contribution >= 4 is 10.0 Å². The first-order chi connectivity index (χ1) is 12.8. The number of methoxy groups -OCH3 is 1. The standard InChI is InChI=1S/C19H25N3O4S/c1-13-11-14(2)18(15(3)12-13)27(23,24)22-9-6-16(7-10-22)26-17-5-8-20-19(21-17)25-4/h5,8,11-12,16H,6-7,9-10H2,1-4H3. The van der Waals surface area contributed by atoms with Gasteiger partial charge in [-0.3, -0.25) is 0 Å². The van der Waals surface area contributed by atoms with Crippen molar-refractivity contribution in [1.82, 2.24) is 14.3 Å². The molecule has 7 nitrogen and oxygen atoms in total. The predicted octanol–water partition coefficient (Wildman–Crippen LogP) is 2.64. The summed E-state index contributed by atoms with van der Waals surface area (Å²) >= 11 is 0. The van der Waals surface area contributed by atoms with Crippen molar-refractivity contribution in [2.24, 2.45) is 0 Å². The first-order valence-corrected chi connectivity index (χ1v) is 10.4. The van der Waals surface area contributed by atoms with Crippen LogP contribution in [0.2, 0.25) is 0 Å². The lowest BCUT2D eigenvalue weighted by molar-refractivity contribution is 0.128. The maximum absolute atomic E-state index is 13.1. The lowest BCUT2D eigenvalue weighted by Gasteiger charge is -2.32. The number of aryl methyl sites for hydroxylation is 3. The summed E-state index contributed by atoms with van der Waals surface area (Å²) in [6.07, 6.45) is 2.70. The molecule has 0 unspecified atom stereocenters. The largest absolute Gasteiger partial charge is 0.474 e. The fourth-order valence-electron chi connectivity index (χ4n) is 3.55. The van der Waals surface area contributed by atoms with Crippen LogP contribution in [0.25, 0.3) is 0 Å². The Labute approximate surface area is 160 Å². The Hall–Kier alpha value is -2.19. The van der Waals surface area contributed by atoms with E-state index in [1.54, 1.807) is 16.6 Å². The topological polar surface area (TPSA) is 81.6 Å². The molecule has 0 amide bonds. The van der Waals surface area contributed by atoms with E-state index in [2.05, 4.69) is 9.97 Å². The van der Waals surface area contributed by atoms with Crippen LogP contribution < -0.4 is 9.47 Å². The van der Waals surface area contributed by atoms with Crippen molar-refractivity contribution in [2.75, 3.05) is 20.2 Å². The summed E-state index contributed by atoms with van der Waals surface area (Å²) in [4.78, 5) is 8.52. The van der Waals surface area contributed by atoms with Crippen LogP contribution in [0.5, 0.6) is 11.9 Å². The van der Waals surface area contributed by atoms with Gasteiger partial charge in [-0.25, -0.2) is 13.4 Å². The number of nitrogens with zero attached hydrogens (tertiary/aromatic N) is 3. The van der Waals surface area contributed by atoms with Crippen LogP contribution in [-0.2, 0) is 10.0 Å². The minimum absolute atomic E-state index is 0.0868. The van der Waals surface area contributed by atoms with Crippen LogP contribution in [0.3, 0.4) is 0 Å². The molecule has 1 saturated heterocycles. The first kappa shape index (κ1) is 19.6. The predicted molar refractivity (Wildman–Crippen MR) is 102 cm³/mol. The molecule has 0 spiro atoms. The molecule has 1 aromatic heterocycles. The molecule has 0 saturated carbocycles. The van der Waals surface area contributed by atoms with Crippen molar-refractivity contribution in [3.05, 3.63) is 41.1 Å². The maximum atomic E-state index is 13.1. The number of piperidine rings is 1. The molecule has 27 heavy (non-hydrogen) atoms. The maximum Gasteiger partial charge on any atom is 0.319 e. The highest BCUT2D eigenvalue weighted by Crippen LogP contribution is 2.28. The van der Waals surface area contributed by atoms with Gasteiger partial charge in [-0.2, -0.15) is 9.29 Å². The van der Waals surface area contributed by atoms with Crippen molar-refractivity contribution in [3.8, 4) is 11.9 Å². The van der Waals surface area contributed by atoms with Crippen LogP contribution in [0.15, 0.2) is 29.3 Å². The van der Waals surface area contributed by atoms with Crippen molar-refractivity contribution in [3.63, 3.8) is 0 Å². The highest BCUT2D eigenvalue weighted by molar-refractivity contribution is 7.89. The lowest BCUT2D eigenvalue weighted by atomic mass is 10.1. The fourth-order valence-corrected chi connectivity index (χ4v) is 5.43. The zero-order valence-electron chi connectivity index (χ0n) is 16.1. The molecule has 2 aromatic rings. The molecule has 1 aromatic carbocycles. The van der Waals surface area contributed by atoms with Gasteiger partial charge < -0.3 is 9.47 Å². The third-order valence-electron chi connectivity index (χ3n) is 4.68. The van der Waals surface area contributed by atoms with Gasteiger partial charge in [0.1, 0.15) is 6.10 Å². The van der Waals surface area contributed by atoms with E-state index >= 15 is 0 Å². The summed E-state index contributed by atoms with van der Waals surface area (Å²) in [5.41, 5.74) is 2.65. The van der Waals surface area contributed by atoms with Gasteiger partial charge in [0.15, 0.2) is 0 Å². The molecule has 8 heteroatoms. The molecule has 0 aliphatic carbocycles. The van der Waals surface area contributed by atoms with E-state index in [0.717, 1.165) is 16.7 Å². The van der Waals surface area contributed by atoms with E-state index in [4.69, 9.17) is 9.47 Å². The fraction of sp³-hybridized carbons (Fsp3) is 0.474. The van der Waals surface area contributed by atoms with E-state index in [1.165, 1.54) is 7.11 Å². The molecule has 1 fully saturated rings. The molecule has 2 heterocycles. The van der Waals surface area contributed by atoms with Crippen molar-refractivity contribution < 1.29 is 17.9 Å². The van der Waals surface area contributed by atoms with Gasteiger partial charge in [0.05, 0.1) is 12.0 Å². The Balaban J connectivity index is 1.70. The summed E-state index contributed by atoms with van der Waals surface area (Å²) in [6, 6.07) is 5.75. The number of hydrogen-bond acceptors (Lipinski definition) is 6. The highest BCUT2D eigenvalue weighted by atomic mass is 32.2. The number of aromatic nitrogens is 2. The van der Waals surface area contributed by atoms with Gasteiger partial charge in [-0.15, -0.1) is 0 Å². The summed E-state index contributed by atoms with van der Waals surface area (Å²) in [5, 5.41) is 0. The van der Waals surface area contributed by atoms with E-state index < -0.39 is 10.0 Å². The van der Waals surface area contributed by atoms with Gasteiger partial charge in [0.25, 0.3) is 0 Å². The molecular weight excluding hydrogens is 366 g/mol. The van der Waals surface area contributed by atoms with E-state index in [9.17, 15) is 8.42 Å². The third-order valence-corrected chi connectivity index (χ3v) is 6.89. The molecular formula is C19H25N3O4S. The summed E-state index contributed by atoms with van der Waals surface area (Å²) in [6.45, 7) is 6.52. The number of benzene rings is 1. The summed E-state index contributed by atoms with van der Waals surface area (Å²) in [7, 11) is -2.02. The molecule has 1 aliphatic heterocycles. The van der Waals surface area contributed by atoms with E-state index in [0.29, 0.717) is 36.7 Å². The normalized spacial score (nSPS) is 16.3. The molecule has 3 rings (SSSR count). The third kappa shape index (κ3) is 4.22. The Morgan fingerprint density at radius 3 is 2.33 bits per heavy atom. The minimum Gasteiger partial charge on any atom is -0.474 e. The summed E-state index contributed by atoms with van der Waals surface area (Å²) < 4.78 is 38.7. The number of hydrogen-bond donors (Lipinski definition) is 0. The SMILES string of the molecule is COc1nccc(OC2CCN(S(=O)(=O)c3c(C)cc(C)cc3C)CC2)n1. The van der Waals surface area contributed by atoms with Crippen LogP contribution in [0, 0.1) is 20.8 Å². The van der Waals surface area contributed by atoms with Crippen LogP contribution in [-0.4, -0.2) is 49.0 Å². The molecule has 0 atom stereocenters. The van der Waals surface area contributed by atoms with Gasteiger partial charge >= 0.3 is 6.01 Å². The Kier molecular flexibility index (Phi) is 5.67. The Bertz CT molecular complexity index is 899. The van der Waals surface area contributed by atoms with Crippen LogP contribution in [0.4, 0.5) is 0 Å². The van der Waals surface area contributed by atoms with Gasteiger partial charge in [-0.05, 0) is 44.7 Å². The highest BCUT2D eigenvalue weighted by Gasteiger charge is 2.32. The average Bonchev–Trinajstić information content (AvgIpc) is 2.61. The first-order valence-electron chi connectivity index (χ1n) is 8.93. The Morgan fingerprint density at radius 2 is 1.74 bits per heavy atom. The number of ether oxygens (including phenoxy) is 2. The van der Waals surface area contributed by atoms with Gasteiger partial charge in [0, 0.05) is 25.4 Å². The second-order valence-corrected chi connectivity index (χ2v) is 8.71.